The van der Waals surface area contributed by atoms with Crippen LogP contribution in [0.25, 0.3) is 10.8 Å². The predicted octanol–water partition coefficient (Wildman–Crippen LogP) is 2.47. The van der Waals surface area contributed by atoms with Crippen LogP contribution in [0.1, 0.15) is 21.6 Å². The molecule has 0 saturated carbocycles. The molecule has 0 radical (unpaired) electrons. The van der Waals surface area contributed by atoms with Gasteiger partial charge in [0, 0.05) is 18.9 Å². The number of hydrogen-bond donors (Lipinski definition) is 1. The van der Waals surface area contributed by atoms with Crippen LogP contribution in [0, 0.1) is 5.82 Å². The number of ether oxygens (including phenoxy) is 1. The Balaban J connectivity index is 1.42. The number of methoxy groups -OCH3 is 1. The van der Waals surface area contributed by atoms with Crippen molar-refractivity contribution in [2.45, 2.75) is 18.8 Å². The molecule has 1 unspecified atom stereocenters. The third-order valence-corrected chi connectivity index (χ3v) is 5.96. The maximum Gasteiger partial charge on any atom is 0.482 e. The van der Waals surface area contributed by atoms with E-state index in [1.165, 1.54) is 24.1 Å². The number of carbonyl (C=O) groups is 1. The van der Waals surface area contributed by atoms with Gasteiger partial charge in [-0.2, -0.15) is 22.8 Å². The number of nitrogens with one attached hydrogen (secondary N) is 1. The molecule has 1 amide bonds. The Morgan fingerprint density at radius 1 is 1.23 bits per heavy atom. The van der Waals surface area contributed by atoms with Crippen LogP contribution < -0.4 is 5.56 Å². The number of aliphatic imine (C=N–C) groups is 1. The van der Waals surface area contributed by atoms with Gasteiger partial charge in [0.05, 0.1) is 23.2 Å². The number of amidine groups is 2. The van der Waals surface area contributed by atoms with Crippen LogP contribution in [0.3, 0.4) is 0 Å². The molecule has 35 heavy (non-hydrogen) atoms. The monoisotopic (exact) mass is 488 g/mol. The molecule has 3 aromatic rings. The predicted molar refractivity (Wildman–Crippen MR) is 117 cm³/mol. The molecule has 0 spiro atoms. The summed E-state index contributed by atoms with van der Waals surface area (Å²) in [5.74, 6) is -2.54. The largest absolute Gasteiger partial charge is 0.482 e. The molecule has 2 aliphatic rings. The van der Waals surface area contributed by atoms with Gasteiger partial charge in [-0.1, -0.05) is 29.3 Å². The molecule has 1 aromatic heterocycles. The maximum atomic E-state index is 14.7. The van der Waals surface area contributed by atoms with Crippen molar-refractivity contribution in [2.75, 3.05) is 20.2 Å². The van der Waals surface area contributed by atoms with E-state index in [0.29, 0.717) is 22.0 Å². The van der Waals surface area contributed by atoms with Gasteiger partial charge in [0.15, 0.2) is 0 Å². The Morgan fingerprint density at radius 3 is 2.69 bits per heavy atom. The zero-order chi connectivity index (χ0) is 24.9. The number of aromatic nitrogens is 2. The molecule has 2 aromatic carbocycles. The van der Waals surface area contributed by atoms with Crippen LogP contribution in [0.4, 0.5) is 17.6 Å². The normalized spacial score (nSPS) is 17.8. The van der Waals surface area contributed by atoms with Gasteiger partial charge < -0.3 is 9.64 Å². The smallest absolute Gasteiger partial charge is 0.347 e. The molecule has 3 heterocycles. The van der Waals surface area contributed by atoms with Gasteiger partial charge in [0.25, 0.3) is 17.3 Å². The molecule has 1 saturated heterocycles. The first-order valence-corrected chi connectivity index (χ1v) is 10.5. The van der Waals surface area contributed by atoms with E-state index in [-0.39, 0.29) is 36.5 Å². The van der Waals surface area contributed by atoms with Gasteiger partial charge in [-0.25, -0.2) is 9.49 Å². The third kappa shape index (κ3) is 3.99. The highest BCUT2D eigenvalue weighted by Crippen LogP contribution is 2.27. The zero-order valence-electron chi connectivity index (χ0n) is 18.3. The molecule has 8 nitrogen and oxygen atoms in total. The first kappa shape index (κ1) is 22.8. The molecule has 1 N–H and O–H groups in total. The summed E-state index contributed by atoms with van der Waals surface area (Å²) in [5, 5.41) is 7.63. The van der Waals surface area contributed by atoms with Crippen LogP contribution in [0.2, 0.25) is 0 Å². The lowest BCUT2D eigenvalue weighted by atomic mass is 10.0. The van der Waals surface area contributed by atoms with E-state index in [4.69, 9.17) is 4.74 Å². The average molecular weight is 488 g/mol. The molecule has 12 heteroatoms. The van der Waals surface area contributed by atoms with Gasteiger partial charge in [-0.3, -0.25) is 9.59 Å². The Bertz CT molecular complexity index is 1480. The number of rotatable bonds is 4. The van der Waals surface area contributed by atoms with Crippen molar-refractivity contribution >= 4 is 28.4 Å². The van der Waals surface area contributed by atoms with E-state index in [1.54, 1.807) is 24.3 Å². The minimum atomic E-state index is -4.65. The van der Waals surface area contributed by atoms with Crippen molar-refractivity contribution in [3.63, 3.8) is 0 Å². The second-order valence-electron chi connectivity index (χ2n) is 8.13. The summed E-state index contributed by atoms with van der Waals surface area (Å²) in [5.41, 5.74) is 0.530. The highest BCUT2D eigenvalue weighted by atomic mass is 19.4. The SMILES string of the molecule is COC1CN(C(=O)c2cc(Cc3n[nH]c(=O)c4ccccc34)ccc2F)CC2=NC(C(F)(F)F)=[N+]21. The van der Waals surface area contributed by atoms with Gasteiger partial charge in [0.1, 0.15) is 12.4 Å². The second-order valence-corrected chi connectivity index (χ2v) is 8.13. The van der Waals surface area contributed by atoms with Crippen molar-refractivity contribution in [3.05, 3.63) is 75.5 Å². The van der Waals surface area contributed by atoms with E-state index < -0.39 is 30.0 Å². The van der Waals surface area contributed by atoms with Crippen molar-refractivity contribution < 1.29 is 31.7 Å². The van der Waals surface area contributed by atoms with Crippen LogP contribution in [-0.4, -0.2) is 69.9 Å². The highest BCUT2D eigenvalue weighted by molar-refractivity contribution is 6.06. The lowest BCUT2D eigenvalue weighted by Gasteiger charge is -2.36. The maximum absolute atomic E-state index is 14.7. The van der Waals surface area contributed by atoms with E-state index in [1.807, 2.05) is 0 Å². The number of halogens is 4. The number of H-pyrrole nitrogens is 1. The summed E-state index contributed by atoms with van der Waals surface area (Å²) in [7, 11) is 1.23. The van der Waals surface area contributed by atoms with Crippen LogP contribution in [0.5, 0.6) is 0 Å². The lowest BCUT2D eigenvalue weighted by Crippen LogP contribution is -2.61. The second kappa shape index (κ2) is 8.38. The highest BCUT2D eigenvalue weighted by Gasteiger charge is 2.54. The first-order valence-electron chi connectivity index (χ1n) is 10.5. The number of aromatic amines is 1. The van der Waals surface area contributed by atoms with Gasteiger partial charge in [0.2, 0.25) is 6.23 Å². The number of amides is 1. The number of fused-ring (bicyclic) bond motifs is 2. The number of hydrogen-bond acceptors (Lipinski definition) is 5. The molecule has 5 rings (SSSR count). The van der Waals surface area contributed by atoms with Crippen LogP contribution in [-0.2, 0) is 11.2 Å². The van der Waals surface area contributed by atoms with Crippen molar-refractivity contribution in [2.24, 2.45) is 4.99 Å². The quantitative estimate of drug-likeness (QED) is 0.451. The number of carbonyl (C=O) groups excluding carboxylic acids is 1. The summed E-state index contributed by atoms with van der Waals surface area (Å²) in [6, 6.07) is 10.9. The topological polar surface area (TPSA) is 90.7 Å². The number of benzene rings is 2. The number of piperazine rings is 1. The summed E-state index contributed by atoms with van der Waals surface area (Å²) in [6.45, 7) is -0.419. The van der Waals surface area contributed by atoms with Crippen molar-refractivity contribution in [1.29, 1.82) is 0 Å². The minimum Gasteiger partial charge on any atom is -0.347 e. The van der Waals surface area contributed by atoms with Gasteiger partial charge in [-0.05, 0) is 23.8 Å². The molecule has 0 bridgehead atoms. The van der Waals surface area contributed by atoms with Crippen molar-refractivity contribution in [3.8, 4) is 0 Å². The Hall–Kier alpha value is -3.93. The van der Waals surface area contributed by atoms with Gasteiger partial charge in [-0.15, -0.1) is 0 Å². The Kier molecular flexibility index (Phi) is 5.47. The molecule has 180 valence electrons. The van der Waals surface area contributed by atoms with E-state index in [0.717, 1.165) is 10.6 Å². The molecular formula is C23H18F4N5O3+. The van der Waals surface area contributed by atoms with E-state index in [9.17, 15) is 27.2 Å². The summed E-state index contributed by atoms with van der Waals surface area (Å²) in [6.07, 6.45) is -5.53. The molecule has 1 fully saturated rings. The minimum absolute atomic E-state index is 0.0178. The van der Waals surface area contributed by atoms with E-state index >= 15 is 0 Å². The fourth-order valence-electron chi connectivity index (χ4n) is 4.28. The molecule has 1 atom stereocenters. The van der Waals surface area contributed by atoms with Gasteiger partial charge >= 0.3 is 12.0 Å². The average Bonchev–Trinajstić information content (AvgIpc) is 2.81. The number of alkyl halides is 3. The third-order valence-electron chi connectivity index (χ3n) is 5.96. The first-order chi connectivity index (χ1) is 16.7. The van der Waals surface area contributed by atoms with Crippen molar-refractivity contribution in [1.82, 2.24) is 15.1 Å². The lowest BCUT2D eigenvalue weighted by molar-refractivity contribution is -0.540. The summed E-state index contributed by atoms with van der Waals surface area (Å²) >= 11 is 0. The molecule has 2 aliphatic heterocycles. The number of nitrogens with zero attached hydrogens (tertiary/aromatic N) is 4. The molecular weight excluding hydrogens is 470 g/mol. The van der Waals surface area contributed by atoms with Crippen LogP contribution >= 0.6 is 0 Å². The van der Waals surface area contributed by atoms with Crippen LogP contribution in [0.15, 0.2) is 52.3 Å². The standard InChI is InChI=1S/C23H17F4N5O3/c1-35-19-11-31(10-18-28-22(32(18)19)23(25,26)27)21(34)15-8-12(6-7-16(15)24)9-17-13-4-2-3-5-14(13)20(33)30-29-17/h2-8,19H,9-11H2,1H3/p+1. The summed E-state index contributed by atoms with van der Waals surface area (Å²) < 4.78 is 60.0. The summed E-state index contributed by atoms with van der Waals surface area (Å²) in [4.78, 5) is 29.9. The Labute approximate surface area is 195 Å². The zero-order valence-corrected chi connectivity index (χ0v) is 18.3. The molecule has 0 aliphatic carbocycles. The fourth-order valence-corrected chi connectivity index (χ4v) is 4.28. The fraction of sp³-hybridized carbons (Fsp3) is 0.261. The van der Waals surface area contributed by atoms with E-state index in [2.05, 4.69) is 15.2 Å². The Morgan fingerprint density at radius 2 is 1.97 bits per heavy atom.